The first-order chi connectivity index (χ1) is 16.7. The van der Waals surface area contributed by atoms with Crippen molar-refractivity contribution < 1.29 is 18.4 Å². The lowest BCUT2D eigenvalue weighted by molar-refractivity contribution is -0.138. The molecule has 1 aromatic carbocycles. The van der Waals surface area contributed by atoms with Gasteiger partial charge in [-0.2, -0.15) is 0 Å². The lowest BCUT2D eigenvalue weighted by atomic mass is 9.97. The highest BCUT2D eigenvalue weighted by atomic mass is 28.4. The Morgan fingerprint density at radius 1 is 0.919 bits per heavy atom. The number of likely N-dealkylation sites (N-methyl/N-ethyl adjacent to an activating group) is 1. The molecule has 0 saturated carbocycles. The van der Waals surface area contributed by atoms with Crippen LogP contribution >= 0.6 is 0 Å². The van der Waals surface area contributed by atoms with Crippen molar-refractivity contribution in [2.24, 2.45) is 5.92 Å². The quantitative estimate of drug-likeness (QED) is 0.185. The maximum atomic E-state index is 13.7. The summed E-state index contributed by atoms with van der Waals surface area (Å²) in [5, 5.41) is 0.123. The number of nitrogens with zero attached hydrogens (tertiary/aromatic N) is 1. The van der Waals surface area contributed by atoms with Gasteiger partial charge >= 0.3 is 0 Å². The van der Waals surface area contributed by atoms with Crippen LogP contribution in [0, 0.1) is 5.92 Å². The van der Waals surface area contributed by atoms with Crippen molar-refractivity contribution in [3.8, 4) is 0 Å². The first-order valence-electron chi connectivity index (χ1n) is 13.9. The Bertz CT molecular complexity index is 859. The standard InChI is InChI=1S/C30H55NO4Si2/c1-23(22-26(20-17-21-32)34-36(10,11)29(3,4)5)28(33)31(9)24(2)27(25-18-15-14-16-19-25)35-37(12,13)30(6,7)8/h14-16,18-19,21,23-24,26-27H,17,20,22H2,1-13H3. The minimum absolute atomic E-state index is 0.0580. The highest BCUT2D eigenvalue weighted by Crippen LogP contribution is 2.42. The molecule has 0 saturated heterocycles. The van der Waals surface area contributed by atoms with Crippen molar-refractivity contribution in [2.75, 3.05) is 7.05 Å². The third-order valence-electron chi connectivity index (χ3n) is 8.66. The van der Waals surface area contributed by atoms with Crippen LogP contribution < -0.4 is 0 Å². The molecule has 0 bridgehead atoms. The topological polar surface area (TPSA) is 55.8 Å². The maximum absolute atomic E-state index is 13.7. The minimum atomic E-state index is -2.09. The summed E-state index contributed by atoms with van der Waals surface area (Å²) < 4.78 is 13.6. The molecule has 4 atom stereocenters. The third-order valence-corrected chi connectivity index (χ3v) is 17.7. The van der Waals surface area contributed by atoms with Crippen LogP contribution in [0.3, 0.4) is 0 Å². The molecule has 7 heteroatoms. The summed E-state index contributed by atoms with van der Waals surface area (Å²) in [5.74, 6) is -0.139. The van der Waals surface area contributed by atoms with Crippen LogP contribution in [0.1, 0.15) is 86.3 Å². The normalized spacial score (nSPS) is 16.6. The highest BCUT2D eigenvalue weighted by Gasteiger charge is 2.42. The molecule has 0 spiro atoms. The number of amides is 1. The van der Waals surface area contributed by atoms with E-state index in [0.29, 0.717) is 19.3 Å². The molecule has 0 aliphatic heterocycles. The van der Waals surface area contributed by atoms with Gasteiger partial charge in [0.1, 0.15) is 6.29 Å². The lowest BCUT2D eigenvalue weighted by Gasteiger charge is -2.43. The van der Waals surface area contributed by atoms with Gasteiger partial charge in [-0.3, -0.25) is 4.79 Å². The average molecular weight is 550 g/mol. The number of carbonyl (C=O) groups excluding carboxylic acids is 2. The van der Waals surface area contributed by atoms with E-state index in [1.54, 1.807) is 0 Å². The fraction of sp³-hybridized carbons (Fsp3) is 0.733. The number of hydrogen-bond acceptors (Lipinski definition) is 4. The van der Waals surface area contributed by atoms with Gasteiger partial charge in [-0.1, -0.05) is 78.8 Å². The average Bonchev–Trinajstić information content (AvgIpc) is 2.78. The second-order valence-electron chi connectivity index (χ2n) is 13.8. The SMILES string of the molecule is CC(CC(CCC=O)O[Si](C)(C)C(C)(C)C)C(=O)N(C)C(C)C(O[Si](C)(C)C(C)(C)C)c1ccccc1. The Balaban J connectivity index is 3.15. The molecule has 0 N–H and O–H groups in total. The maximum Gasteiger partial charge on any atom is 0.225 e. The summed E-state index contributed by atoms with van der Waals surface area (Å²) in [4.78, 5) is 26.7. The molecule has 0 aliphatic rings. The van der Waals surface area contributed by atoms with Crippen molar-refractivity contribution in [1.29, 1.82) is 0 Å². The van der Waals surface area contributed by atoms with Crippen LogP contribution in [-0.4, -0.2) is 52.9 Å². The van der Waals surface area contributed by atoms with Crippen molar-refractivity contribution in [2.45, 2.75) is 129 Å². The monoisotopic (exact) mass is 549 g/mol. The molecule has 0 fully saturated rings. The van der Waals surface area contributed by atoms with Gasteiger partial charge in [-0.25, -0.2) is 0 Å². The fourth-order valence-electron chi connectivity index (χ4n) is 3.90. The summed E-state index contributed by atoms with van der Waals surface area (Å²) in [5.41, 5.74) is 1.09. The second-order valence-corrected chi connectivity index (χ2v) is 23.3. The Morgan fingerprint density at radius 2 is 1.41 bits per heavy atom. The fourth-order valence-corrected chi connectivity index (χ4v) is 6.62. The van der Waals surface area contributed by atoms with Crippen LogP contribution in [0.5, 0.6) is 0 Å². The first-order valence-corrected chi connectivity index (χ1v) is 19.7. The number of rotatable bonds is 13. The smallest absolute Gasteiger partial charge is 0.225 e. The summed E-state index contributed by atoms with van der Waals surface area (Å²) in [6, 6.07) is 10.1. The zero-order valence-corrected chi connectivity index (χ0v) is 28.0. The zero-order chi connectivity index (χ0) is 28.8. The van der Waals surface area contributed by atoms with Crippen LogP contribution in [0.25, 0.3) is 0 Å². The largest absolute Gasteiger partial charge is 0.414 e. The molecule has 0 heterocycles. The number of aldehydes is 1. The summed E-state index contributed by atoms with van der Waals surface area (Å²) in [6.07, 6.45) is 2.33. The molecule has 1 rings (SSSR count). The van der Waals surface area contributed by atoms with Gasteiger partial charge in [0.25, 0.3) is 0 Å². The molecule has 0 radical (unpaired) electrons. The van der Waals surface area contributed by atoms with E-state index in [1.165, 1.54) is 0 Å². The van der Waals surface area contributed by atoms with Gasteiger partial charge in [0.2, 0.25) is 5.91 Å². The van der Waals surface area contributed by atoms with Crippen LogP contribution in [-0.2, 0) is 18.4 Å². The number of carbonyl (C=O) groups is 2. The zero-order valence-electron chi connectivity index (χ0n) is 26.0. The van der Waals surface area contributed by atoms with E-state index in [4.69, 9.17) is 8.85 Å². The predicted octanol–water partition coefficient (Wildman–Crippen LogP) is 7.99. The van der Waals surface area contributed by atoms with E-state index in [0.717, 1.165) is 11.8 Å². The van der Waals surface area contributed by atoms with E-state index in [-0.39, 0.29) is 40.2 Å². The molecular formula is C30H55NO4Si2. The van der Waals surface area contributed by atoms with Crippen LogP contribution in [0.4, 0.5) is 0 Å². The summed E-state index contributed by atoms with van der Waals surface area (Å²) >= 11 is 0. The van der Waals surface area contributed by atoms with E-state index < -0.39 is 16.6 Å². The highest BCUT2D eigenvalue weighted by molar-refractivity contribution is 6.74. The van der Waals surface area contributed by atoms with Crippen molar-refractivity contribution in [1.82, 2.24) is 4.90 Å². The summed E-state index contributed by atoms with van der Waals surface area (Å²) in [7, 11) is -2.23. The molecular weight excluding hydrogens is 495 g/mol. The van der Waals surface area contributed by atoms with Gasteiger partial charge in [-0.05, 0) is 61.6 Å². The molecule has 1 amide bonds. The molecule has 37 heavy (non-hydrogen) atoms. The van der Waals surface area contributed by atoms with Gasteiger partial charge in [-0.15, -0.1) is 0 Å². The Kier molecular flexibility index (Phi) is 12.0. The van der Waals surface area contributed by atoms with Gasteiger partial charge < -0.3 is 18.5 Å². The van der Waals surface area contributed by atoms with Crippen molar-refractivity contribution in [3.05, 3.63) is 35.9 Å². The van der Waals surface area contributed by atoms with E-state index in [1.807, 2.05) is 37.1 Å². The van der Waals surface area contributed by atoms with Crippen LogP contribution in [0.2, 0.25) is 36.3 Å². The van der Waals surface area contributed by atoms with Gasteiger partial charge in [0, 0.05) is 25.5 Å². The Hall–Kier alpha value is -1.29. The van der Waals surface area contributed by atoms with Gasteiger partial charge in [0.05, 0.1) is 12.1 Å². The van der Waals surface area contributed by atoms with Crippen molar-refractivity contribution in [3.63, 3.8) is 0 Å². The van der Waals surface area contributed by atoms with Gasteiger partial charge in [0.15, 0.2) is 16.6 Å². The van der Waals surface area contributed by atoms with Crippen molar-refractivity contribution >= 4 is 28.8 Å². The number of benzene rings is 1. The molecule has 1 aromatic rings. The van der Waals surface area contributed by atoms with E-state index in [2.05, 4.69) is 86.8 Å². The minimum Gasteiger partial charge on any atom is -0.414 e. The van der Waals surface area contributed by atoms with E-state index in [9.17, 15) is 9.59 Å². The first kappa shape index (κ1) is 33.7. The van der Waals surface area contributed by atoms with Crippen LogP contribution in [0.15, 0.2) is 30.3 Å². The molecule has 0 aliphatic carbocycles. The predicted molar refractivity (Wildman–Crippen MR) is 161 cm³/mol. The van der Waals surface area contributed by atoms with E-state index >= 15 is 0 Å². The number of hydrogen-bond donors (Lipinski definition) is 0. The third kappa shape index (κ3) is 9.45. The molecule has 4 unspecified atom stereocenters. The molecule has 212 valence electrons. The second kappa shape index (κ2) is 13.2. The molecule has 0 aromatic heterocycles. The Morgan fingerprint density at radius 3 is 1.86 bits per heavy atom. The lowest BCUT2D eigenvalue weighted by Crippen LogP contribution is -2.49. The Labute approximate surface area is 230 Å². The summed E-state index contributed by atoms with van der Waals surface area (Å²) in [6.45, 7) is 26.4. The molecule has 5 nitrogen and oxygen atoms in total.